The Morgan fingerprint density at radius 1 is 1.24 bits per heavy atom. The van der Waals surface area contributed by atoms with Gasteiger partial charge in [0.2, 0.25) is 0 Å². The molecule has 0 bridgehead atoms. The number of carbonyl (C=O) groups is 1. The van der Waals surface area contributed by atoms with Crippen LogP contribution in [-0.4, -0.2) is 30.7 Å². The van der Waals surface area contributed by atoms with Gasteiger partial charge in [0, 0.05) is 0 Å². The number of fused-ring (bicyclic) bond motifs is 1. The van der Waals surface area contributed by atoms with Crippen molar-refractivity contribution in [2.75, 3.05) is 13.8 Å². The van der Waals surface area contributed by atoms with Crippen LogP contribution in [0.15, 0.2) is 42.5 Å². The van der Waals surface area contributed by atoms with Crippen molar-refractivity contribution in [2.24, 2.45) is 0 Å². The van der Waals surface area contributed by atoms with Gasteiger partial charge in [0.15, 0.2) is 0 Å². The van der Waals surface area contributed by atoms with Crippen molar-refractivity contribution < 1.29 is 18.9 Å². The molecule has 5 nitrogen and oxygen atoms in total. The van der Waals surface area contributed by atoms with Crippen molar-refractivity contribution in [3.8, 4) is 5.75 Å². The fourth-order valence-corrected chi connectivity index (χ4v) is 2.99. The van der Waals surface area contributed by atoms with Gasteiger partial charge in [0.1, 0.15) is 0 Å². The Balaban J connectivity index is 2.07. The molecule has 1 atom stereocenters. The summed E-state index contributed by atoms with van der Waals surface area (Å²) in [7, 11) is -1.61. The predicted molar refractivity (Wildman–Crippen MR) is 85.6 cm³/mol. The zero-order valence-electron chi connectivity index (χ0n) is 12.3. The standard InChI is InChI=1S/C15H20NO4P/c1-11(16-21(3,18)19-2)15(17)20-14-9-8-12-6-4-5-7-13(12)10-14/h4-11,16,18,21H,1-3H3/t11-/m0/s1. The summed E-state index contributed by atoms with van der Waals surface area (Å²) in [6.45, 7) is 3.18. The van der Waals surface area contributed by atoms with Gasteiger partial charge < -0.3 is 0 Å². The molecule has 6 heteroatoms. The Bertz CT molecular complexity index is 644. The molecule has 0 aliphatic rings. The molecule has 2 aromatic rings. The number of benzene rings is 2. The minimum atomic E-state index is -3.01. The summed E-state index contributed by atoms with van der Waals surface area (Å²) in [4.78, 5) is 21.9. The first kappa shape index (κ1) is 15.9. The molecule has 0 saturated carbocycles. The number of hydrogen-bond donors (Lipinski definition) is 2. The Labute approximate surface area is 124 Å². The molecule has 0 spiro atoms. The van der Waals surface area contributed by atoms with Crippen molar-refractivity contribution in [2.45, 2.75) is 13.0 Å². The SMILES string of the molecule is CO[PH](C)(O)N[C@@H](C)C(=O)Oc1ccc2ccccc2c1. The van der Waals surface area contributed by atoms with E-state index in [1.807, 2.05) is 36.4 Å². The van der Waals surface area contributed by atoms with Crippen molar-refractivity contribution in [3.05, 3.63) is 42.5 Å². The molecule has 114 valence electrons. The fraction of sp³-hybridized carbons (Fsp3) is 0.267. The van der Waals surface area contributed by atoms with E-state index in [9.17, 15) is 9.69 Å². The van der Waals surface area contributed by atoms with Crippen LogP contribution in [0.25, 0.3) is 10.8 Å². The van der Waals surface area contributed by atoms with Gasteiger partial charge in [-0.1, -0.05) is 0 Å². The molecule has 0 aliphatic carbocycles. The van der Waals surface area contributed by atoms with Crippen LogP contribution < -0.4 is 9.82 Å². The van der Waals surface area contributed by atoms with Crippen molar-refractivity contribution >= 4 is 24.6 Å². The molecule has 0 radical (unpaired) electrons. The second-order valence-corrected chi connectivity index (χ2v) is 7.65. The summed E-state index contributed by atoms with van der Waals surface area (Å²) in [6.07, 6.45) is 0. The first-order valence-electron chi connectivity index (χ1n) is 6.67. The van der Waals surface area contributed by atoms with Crippen LogP contribution in [0.1, 0.15) is 6.92 Å². The van der Waals surface area contributed by atoms with Gasteiger partial charge >= 0.3 is 124 Å². The Hall–Kier alpha value is -1.52. The van der Waals surface area contributed by atoms with E-state index in [1.165, 1.54) is 7.11 Å². The summed E-state index contributed by atoms with van der Waals surface area (Å²) >= 11 is 0. The number of hydrogen-bond acceptors (Lipinski definition) is 5. The first-order chi connectivity index (χ1) is 9.91. The maximum atomic E-state index is 12.0. The Morgan fingerprint density at radius 2 is 1.90 bits per heavy atom. The van der Waals surface area contributed by atoms with E-state index in [1.54, 1.807) is 19.7 Å². The molecule has 2 rings (SSSR count). The van der Waals surface area contributed by atoms with E-state index in [2.05, 4.69) is 5.09 Å². The molecule has 0 saturated heterocycles. The monoisotopic (exact) mass is 309 g/mol. The predicted octanol–water partition coefficient (Wildman–Crippen LogP) is 2.49. The van der Waals surface area contributed by atoms with Crippen molar-refractivity contribution in [1.82, 2.24) is 5.09 Å². The van der Waals surface area contributed by atoms with Crippen LogP contribution in [0.4, 0.5) is 0 Å². The van der Waals surface area contributed by atoms with E-state index in [0.29, 0.717) is 5.75 Å². The number of nitrogens with one attached hydrogen (secondary N) is 1. The van der Waals surface area contributed by atoms with Gasteiger partial charge in [-0.25, -0.2) is 0 Å². The second-order valence-electron chi connectivity index (χ2n) is 4.98. The van der Waals surface area contributed by atoms with Gasteiger partial charge in [-0.15, -0.1) is 0 Å². The van der Waals surface area contributed by atoms with Crippen LogP contribution in [-0.2, 0) is 9.32 Å². The zero-order chi connectivity index (χ0) is 15.5. The molecule has 2 N–H and O–H groups in total. The quantitative estimate of drug-likeness (QED) is 0.504. The third kappa shape index (κ3) is 4.22. The van der Waals surface area contributed by atoms with Crippen LogP contribution in [0.5, 0.6) is 5.75 Å². The summed E-state index contributed by atoms with van der Waals surface area (Å²) < 4.78 is 10.3. The zero-order valence-corrected chi connectivity index (χ0v) is 13.3. The third-order valence-corrected chi connectivity index (χ3v) is 4.94. The summed E-state index contributed by atoms with van der Waals surface area (Å²) in [5.41, 5.74) is 0. The maximum absolute atomic E-state index is 12.0. The van der Waals surface area contributed by atoms with E-state index in [4.69, 9.17) is 9.26 Å². The molecule has 0 fully saturated rings. The third-order valence-electron chi connectivity index (χ3n) is 3.17. The van der Waals surface area contributed by atoms with Gasteiger partial charge in [-0.05, 0) is 0 Å². The van der Waals surface area contributed by atoms with Crippen LogP contribution in [0.3, 0.4) is 0 Å². The molecular formula is C15H20NO4P. The van der Waals surface area contributed by atoms with Crippen LogP contribution >= 0.6 is 7.87 Å². The summed E-state index contributed by atoms with van der Waals surface area (Å²) in [5, 5.41) is 4.84. The molecule has 2 aromatic carbocycles. The average Bonchev–Trinajstić information content (AvgIpc) is 2.46. The van der Waals surface area contributed by atoms with Gasteiger partial charge in [-0.3, -0.25) is 0 Å². The summed E-state index contributed by atoms with van der Waals surface area (Å²) in [5.74, 6) is 0.0150. The first-order valence-corrected chi connectivity index (χ1v) is 9.02. The summed E-state index contributed by atoms with van der Waals surface area (Å²) in [6, 6.07) is 12.6. The fourth-order valence-electron chi connectivity index (χ4n) is 1.96. The van der Waals surface area contributed by atoms with Crippen molar-refractivity contribution in [1.29, 1.82) is 0 Å². The van der Waals surface area contributed by atoms with Gasteiger partial charge in [0.05, 0.1) is 0 Å². The topological polar surface area (TPSA) is 67.8 Å². The van der Waals surface area contributed by atoms with Gasteiger partial charge in [0.25, 0.3) is 0 Å². The molecule has 0 unspecified atom stereocenters. The van der Waals surface area contributed by atoms with E-state index < -0.39 is 19.9 Å². The molecule has 0 heterocycles. The molecule has 0 aliphatic heterocycles. The molecule has 0 amide bonds. The van der Waals surface area contributed by atoms with Crippen molar-refractivity contribution in [3.63, 3.8) is 0 Å². The minimum absolute atomic E-state index is 0.463. The number of esters is 1. The average molecular weight is 309 g/mol. The number of rotatable bonds is 5. The second kappa shape index (κ2) is 6.50. The Kier molecular flexibility index (Phi) is 4.91. The molecule has 21 heavy (non-hydrogen) atoms. The van der Waals surface area contributed by atoms with E-state index in [0.717, 1.165) is 10.8 Å². The molecular weight excluding hydrogens is 289 g/mol. The van der Waals surface area contributed by atoms with E-state index in [-0.39, 0.29) is 0 Å². The van der Waals surface area contributed by atoms with Crippen LogP contribution in [0, 0.1) is 0 Å². The Morgan fingerprint density at radius 3 is 2.57 bits per heavy atom. The normalized spacial score (nSPS) is 13.9. The molecule has 0 aromatic heterocycles. The van der Waals surface area contributed by atoms with E-state index >= 15 is 0 Å². The number of carbonyl (C=O) groups excluding carboxylic acids is 1. The number of ether oxygens (including phenoxy) is 1. The van der Waals surface area contributed by atoms with Gasteiger partial charge in [-0.2, -0.15) is 0 Å². The van der Waals surface area contributed by atoms with Crippen LogP contribution in [0.2, 0.25) is 0 Å².